The number of hydrogen-bond donors (Lipinski definition) is 1. The van der Waals surface area contributed by atoms with Crippen LogP contribution in [-0.2, 0) is 11.3 Å². The number of nitrogens with one attached hydrogen (secondary N) is 1. The Morgan fingerprint density at radius 3 is 2.41 bits per heavy atom. The van der Waals surface area contributed by atoms with Crippen molar-refractivity contribution in [3.8, 4) is 5.69 Å². The molecule has 2 heterocycles. The molecule has 34 heavy (non-hydrogen) atoms. The first-order valence-electron chi connectivity index (χ1n) is 11.5. The van der Waals surface area contributed by atoms with Gasteiger partial charge in [0.1, 0.15) is 5.82 Å². The average molecular weight is 483 g/mol. The second kappa shape index (κ2) is 11.1. The summed E-state index contributed by atoms with van der Waals surface area (Å²) >= 11 is 1.31. The molecule has 0 radical (unpaired) electrons. The fourth-order valence-electron chi connectivity index (χ4n) is 3.93. The highest BCUT2D eigenvalue weighted by atomic mass is 32.2. The molecule has 0 bridgehead atoms. The van der Waals surface area contributed by atoms with Crippen LogP contribution in [0.4, 0.5) is 10.1 Å². The summed E-state index contributed by atoms with van der Waals surface area (Å²) in [6.45, 7) is 5.30. The lowest BCUT2D eigenvalue weighted by Gasteiger charge is -2.20. The largest absolute Gasteiger partial charge is 0.325 e. The predicted molar refractivity (Wildman–Crippen MR) is 134 cm³/mol. The molecule has 0 unspecified atom stereocenters. The summed E-state index contributed by atoms with van der Waals surface area (Å²) in [7, 11) is 3.93. The summed E-state index contributed by atoms with van der Waals surface area (Å²) in [6.07, 6.45) is 2.55. The fraction of sp³-hybridized carbons (Fsp3) is 0.400. The van der Waals surface area contributed by atoms with Crippen molar-refractivity contribution in [3.63, 3.8) is 0 Å². The quantitative estimate of drug-likeness (QED) is 0.457. The van der Waals surface area contributed by atoms with Crippen LogP contribution in [0.3, 0.4) is 0 Å². The van der Waals surface area contributed by atoms with E-state index in [2.05, 4.69) is 32.5 Å². The number of aromatic nitrogens is 3. The van der Waals surface area contributed by atoms with Crippen molar-refractivity contribution in [2.45, 2.75) is 37.5 Å². The zero-order valence-electron chi connectivity index (χ0n) is 19.9. The van der Waals surface area contributed by atoms with Crippen LogP contribution in [0, 0.1) is 5.82 Å². The van der Waals surface area contributed by atoms with Crippen molar-refractivity contribution in [2.75, 3.05) is 38.3 Å². The van der Waals surface area contributed by atoms with Gasteiger partial charge in [-0.05, 0) is 88.9 Å². The van der Waals surface area contributed by atoms with Crippen LogP contribution >= 0.6 is 11.8 Å². The molecule has 3 aromatic rings. The average Bonchev–Trinajstić information content (AvgIpc) is 3.49. The SMILES string of the molecule is C[C@@H](c1nnc(SCC(=O)Nc2ccc(CN3CCCC3)cc2)n1-c1ccc(F)cc1)N(C)C. The number of hydrogen-bond acceptors (Lipinski definition) is 6. The van der Waals surface area contributed by atoms with Crippen LogP contribution < -0.4 is 5.32 Å². The fourth-order valence-corrected chi connectivity index (χ4v) is 4.69. The van der Waals surface area contributed by atoms with Crippen LogP contribution in [0.15, 0.2) is 53.7 Å². The molecule has 1 amide bonds. The second-order valence-corrected chi connectivity index (χ2v) is 9.75. The first-order chi connectivity index (χ1) is 16.4. The van der Waals surface area contributed by atoms with Gasteiger partial charge < -0.3 is 5.32 Å². The molecule has 1 N–H and O–H groups in total. The van der Waals surface area contributed by atoms with Crippen LogP contribution in [0.1, 0.15) is 37.2 Å². The summed E-state index contributed by atoms with van der Waals surface area (Å²) in [6, 6.07) is 14.2. The Morgan fingerprint density at radius 2 is 1.76 bits per heavy atom. The molecule has 1 aliphatic rings. The van der Waals surface area contributed by atoms with Crippen molar-refractivity contribution >= 4 is 23.4 Å². The van der Waals surface area contributed by atoms with Gasteiger partial charge in [-0.1, -0.05) is 23.9 Å². The summed E-state index contributed by atoms with van der Waals surface area (Å²) in [5, 5.41) is 12.2. The molecule has 0 saturated carbocycles. The maximum atomic E-state index is 13.5. The summed E-state index contributed by atoms with van der Waals surface area (Å²) in [4.78, 5) is 17.1. The first kappa shape index (κ1) is 24.4. The number of rotatable bonds is 9. The van der Waals surface area contributed by atoms with Crippen molar-refractivity contribution in [2.24, 2.45) is 0 Å². The number of benzene rings is 2. The lowest BCUT2D eigenvalue weighted by molar-refractivity contribution is -0.113. The van der Waals surface area contributed by atoms with Gasteiger partial charge in [0.25, 0.3) is 0 Å². The molecule has 9 heteroatoms. The molecule has 1 aliphatic heterocycles. The van der Waals surface area contributed by atoms with Crippen LogP contribution in [0.5, 0.6) is 0 Å². The van der Waals surface area contributed by atoms with Gasteiger partial charge in [-0.15, -0.1) is 10.2 Å². The summed E-state index contributed by atoms with van der Waals surface area (Å²) in [5.41, 5.74) is 2.79. The standard InChI is InChI=1S/C25H31FN6OS/c1-18(30(2)3)24-28-29-25(32(24)22-12-8-20(26)9-13-22)34-17-23(33)27-21-10-6-19(7-11-21)16-31-14-4-5-15-31/h6-13,18H,4-5,14-17H2,1-3H3,(H,27,33)/t18-/m0/s1. The number of likely N-dealkylation sites (tertiary alicyclic amines) is 1. The van der Waals surface area contributed by atoms with E-state index in [9.17, 15) is 9.18 Å². The van der Waals surface area contributed by atoms with Gasteiger partial charge in [-0.2, -0.15) is 0 Å². The zero-order chi connectivity index (χ0) is 24.1. The molecule has 1 fully saturated rings. The van der Waals surface area contributed by atoms with Gasteiger partial charge in [-0.3, -0.25) is 19.2 Å². The molecule has 180 valence electrons. The molecular weight excluding hydrogens is 451 g/mol. The third-order valence-electron chi connectivity index (χ3n) is 6.07. The zero-order valence-corrected chi connectivity index (χ0v) is 20.7. The van der Waals surface area contributed by atoms with Crippen molar-refractivity contribution < 1.29 is 9.18 Å². The molecule has 1 saturated heterocycles. The molecule has 1 atom stereocenters. The third-order valence-corrected chi connectivity index (χ3v) is 7.00. The lowest BCUT2D eigenvalue weighted by Crippen LogP contribution is -2.21. The van der Waals surface area contributed by atoms with E-state index in [-0.39, 0.29) is 23.5 Å². The molecule has 4 rings (SSSR count). The minimum absolute atomic E-state index is 0.0141. The van der Waals surface area contributed by atoms with Crippen LogP contribution in [0.25, 0.3) is 5.69 Å². The Bertz CT molecular complexity index is 1090. The number of thioether (sulfide) groups is 1. The summed E-state index contributed by atoms with van der Waals surface area (Å²) in [5.74, 6) is 0.492. The first-order valence-corrected chi connectivity index (χ1v) is 12.5. The third kappa shape index (κ3) is 6.02. The number of halogens is 1. The van der Waals surface area contributed by atoms with Gasteiger partial charge in [0.05, 0.1) is 11.8 Å². The Labute approximate surface area is 204 Å². The monoisotopic (exact) mass is 482 g/mol. The number of anilines is 1. The van der Waals surface area contributed by atoms with Gasteiger partial charge in [-0.25, -0.2) is 4.39 Å². The number of amides is 1. The maximum Gasteiger partial charge on any atom is 0.234 e. The van der Waals surface area contributed by atoms with Crippen LogP contribution in [-0.4, -0.2) is 63.4 Å². The van der Waals surface area contributed by atoms with E-state index in [1.165, 1.54) is 42.3 Å². The Balaban J connectivity index is 1.41. The molecule has 0 aliphatic carbocycles. The Hall–Kier alpha value is -2.75. The van der Waals surface area contributed by atoms with E-state index < -0.39 is 0 Å². The predicted octanol–water partition coefficient (Wildman–Crippen LogP) is 4.36. The smallest absolute Gasteiger partial charge is 0.234 e. The second-order valence-electron chi connectivity index (χ2n) is 8.81. The molecule has 7 nitrogen and oxygen atoms in total. The summed E-state index contributed by atoms with van der Waals surface area (Å²) < 4.78 is 15.4. The van der Waals surface area contributed by atoms with Crippen molar-refractivity contribution in [1.82, 2.24) is 24.6 Å². The van der Waals surface area contributed by atoms with E-state index in [1.54, 1.807) is 12.1 Å². The van der Waals surface area contributed by atoms with Crippen molar-refractivity contribution in [3.05, 3.63) is 65.7 Å². The molecule has 2 aromatic carbocycles. The van der Waals surface area contributed by atoms with Crippen molar-refractivity contribution in [1.29, 1.82) is 0 Å². The minimum atomic E-state index is -0.306. The van der Waals surface area contributed by atoms with Crippen LogP contribution in [0.2, 0.25) is 0 Å². The highest BCUT2D eigenvalue weighted by molar-refractivity contribution is 7.99. The molecule has 1 aromatic heterocycles. The van der Waals surface area contributed by atoms with Gasteiger partial charge in [0.15, 0.2) is 11.0 Å². The van der Waals surface area contributed by atoms with Gasteiger partial charge in [0, 0.05) is 17.9 Å². The van der Waals surface area contributed by atoms with E-state index in [0.717, 1.165) is 36.8 Å². The minimum Gasteiger partial charge on any atom is -0.325 e. The topological polar surface area (TPSA) is 66.3 Å². The van der Waals surface area contributed by atoms with E-state index in [4.69, 9.17) is 0 Å². The maximum absolute atomic E-state index is 13.5. The normalized spacial score (nSPS) is 15.1. The highest BCUT2D eigenvalue weighted by Crippen LogP contribution is 2.27. The van der Waals surface area contributed by atoms with Gasteiger partial charge in [0.2, 0.25) is 5.91 Å². The highest BCUT2D eigenvalue weighted by Gasteiger charge is 2.21. The molecular formula is C25H31FN6OS. The number of carbonyl (C=O) groups is 1. The van der Waals surface area contributed by atoms with E-state index >= 15 is 0 Å². The number of carbonyl (C=O) groups excluding carboxylic acids is 1. The lowest BCUT2D eigenvalue weighted by atomic mass is 10.2. The Morgan fingerprint density at radius 1 is 1.09 bits per heavy atom. The Kier molecular flexibility index (Phi) is 7.97. The molecule has 0 spiro atoms. The van der Waals surface area contributed by atoms with E-state index in [1.807, 2.05) is 42.6 Å². The number of nitrogens with zero attached hydrogens (tertiary/aromatic N) is 5. The van der Waals surface area contributed by atoms with E-state index in [0.29, 0.717) is 5.16 Å². The van der Waals surface area contributed by atoms with Gasteiger partial charge >= 0.3 is 0 Å².